The zero-order valence-corrected chi connectivity index (χ0v) is 11.5. The molecule has 96 valence electrons. The van der Waals surface area contributed by atoms with Crippen molar-refractivity contribution in [2.45, 2.75) is 40.2 Å². The van der Waals surface area contributed by atoms with E-state index < -0.39 is 0 Å². The average molecular weight is 243 g/mol. The lowest BCUT2D eigenvalue weighted by atomic mass is 10.1. The van der Waals surface area contributed by atoms with Crippen molar-refractivity contribution in [2.24, 2.45) is 0 Å². The standard InChI is InChI=1S/C15H21N3/c1-4-6-17-7-5-14-13(10-17)16-15-9-11(2)8-12(3)18(14)15/h8-9H,4-7,10H2,1-3H3. The van der Waals surface area contributed by atoms with E-state index in [1.54, 1.807) is 0 Å². The van der Waals surface area contributed by atoms with E-state index in [0.717, 1.165) is 18.6 Å². The van der Waals surface area contributed by atoms with E-state index in [2.05, 4.69) is 42.2 Å². The molecule has 0 radical (unpaired) electrons. The maximum absolute atomic E-state index is 4.83. The molecule has 3 rings (SSSR count). The molecule has 0 aliphatic carbocycles. The Hall–Kier alpha value is -1.35. The third-order valence-electron chi connectivity index (χ3n) is 3.81. The Balaban J connectivity index is 2.07. The second kappa shape index (κ2) is 4.39. The molecule has 0 spiro atoms. The molecule has 1 aliphatic rings. The third-order valence-corrected chi connectivity index (χ3v) is 3.81. The Kier molecular flexibility index (Phi) is 2.86. The van der Waals surface area contributed by atoms with Crippen molar-refractivity contribution < 1.29 is 0 Å². The molecule has 0 aromatic carbocycles. The Morgan fingerprint density at radius 2 is 2.11 bits per heavy atom. The highest BCUT2D eigenvalue weighted by molar-refractivity contribution is 5.48. The summed E-state index contributed by atoms with van der Waals surface area (Å²) in [6.07, 6.45) is 2.35. The Bertz CT molecular complexity index is 583. The highest BCUT2D eigenvalue weighted by Gasteiger charge is 2.21. The quantitative estimate of drug-likeness (QED) is 0.808. The number of nitrogens with zero attached hydrogens (tertiary/aromatic N) is 3. The molecule has 2 aromatic rings. The maximum atomic E-state index is 4.83. The number of aromatic nitrogens is 2. The molecule has 2 aromatic heterocycles. The lowest BCUT2D eigenvalue weighted by molar-refractivity contribution is 0.250. The van der Waals surface area contributed by atoms with Gasteiger partial charge in [-0.05, 0) is 44.5 Å². The molecular formula is C15H21N3. The first-order valence-electron chi connectivity index (χ1n) is 6.89. The van der Waals surface area contributed by atoms with Gasteiger partial charge in [-0.1, -0.05) is 6.92 Å². The molecule has 0 N–H and O–H groups in total. The summed E-state index contributed by atoms with van der Waals surface area (Å²) in [5, 5.41) is 0. The number of hydrogen-bond donors (Lipinski definition) is 0. The maximum Gasteiger partial charge on any atom is 0.137 e. The number of rotatable bonds is 2. The number of hydrogen-bond acceptors (Lipinski definition) is 2. The fraction of sp³-hybridized carbons (Fsp3) is 0.533. The summed E-state index contributed by atoms with van der Waals surface area (Å²) >= 11 is 0. The summed E-state index contributed by atoms with van der Waals surface area (Å²) in [6.45, 7) is 9.94. The molecule has 0 unspecified atom stereocenters. The van der Waals surface area contributed by atoms with Gasteiger partial charge in [0.15, 0.2) is 0 Å². The minimum absolute atomic E-state index is 1.02. The molecule has 0 atom stereocenters. The van der Waals surface area contributed by atoms with Crippen LogP contribution in [0.4, 0.5) is 0 Å². The molecule has 0 bridgehead atoms. The van der Waals surface area contributed by atoms with Gasteiger partial charge in [0.25, 0.3) is 0 Å². The van der Waals surface area contributed by atoms with Crippen molar-refractivity contribution >= 4 is 5.65 Å². The molecule has 0 saturated heterocycles. The molecule has 18 heavy (non-hydrogen) atoms. The van der Waals surface area contributed by atoms with Crippen molar-refractivity contribution in [3.8, 4) is 0 Å². The summed E-state index contributed by atoms with van der Waals surface area (Å²) in [5.74, 6) is 0. The van der Waals surface area contributed by atoms with E-state index >= 15 is 0 Å². The number of fused-ring (bicyclic) bond motifs is 3. The summed E-state index contributed by atoms with van der Waals surface area (Å²) in [4.78, 5) is 7.34. The Morgan fingerprint density at radius 3 is 2.89 bits per heavy atom. The lowest BCUT2D eigenvalue weighted by Gasteiger charge is -2.25. The van der Waals surface area contributed by atoms with E-state index in [4.69, 9.17) is 4.98 Å². The summed E-state index contributed by atoms with van der Waals surface area (Å²) in [5.41, 5.74) is 6.43. The van der Waals surface area contributed by atoms with Crippen LogP contribution in [0.1, 0.15) is 36.0 Å². The summed E-state index contributed by atoms with van der Waals surface area (Å²) < 4.78 is 2.34. The first kappa shape index (κ1) is 11.7. The van der Waals surface area contributed by atoms with Crippen LogP contribution in [0.25, 0.3) is 5.65 Å². The van der Waals surface area contributed by atoms with Gasteiger partial charge < -0.3 is 4.40 Å². The predicted octanol–water partition coefficient (Wildman–Crippen LogP) is 2.72. The lowest BCUT2D eigenvalue weighted by Crippen LogP contribution is -2.31. The van der Waals surface area contributed by atoms with Gasteiger partial charge in [-0.15, -0.1) is 0 Å². The van der Waals surface area contributed by atoms with Crippen LogP contribution in [0.15, 0.2) is 12.1 Å². The average Bonchev–Trinajstić information content (AvgIpc) is 2.66. The molecule has 3 heteroatoms. The minimum Gasteiger partial charge on any atom is -0.301 e. The van der Waals surface area contributed by atoms with E-state index in [1.807, 2.05) is 0 Å². The topological polar surface area (TPSA) is 20.5 Å². The molecule has 1 aliphatic heterocycles. The van der Waals surface area contributed by atoms with Crippen molar-refractivity contribution in [1.82, 2.24) is 14.3 Å². The zero-order chi connectivity index (χ0) is 12.7. The molecule has 3 heterocycles. The molecule has 0 fully saturated rings. The second-order valence-corrected chi connectivity index (χ2v) is 5.40. The van der Waals surface area contributed by atoms with Crippen LogP contribution in [0.5, 0.6) is 0 Å². The van der Waals surface area contributed by atoms with E-state index in [0.29, 0.717) is 0 Å². The van der Waals surface area contributed by atoms with Gasteiger partial charge in [-0.3, -0.25) is 4.90 Å². The number of pyridine rings is 1. The van der Waals surface area contributed by atoms with Gasteiger partial charge in [-0.25, -0.2) is 4.98 Å². The normalized spacial score (nSPS) is 16.2. The van der Waals surface area contributed by atoms with Gasteiger partial charge in [0.05, 0.1) is 5.69 Å². The first-order chi connectivity index (χ1) is 8.69. The van der Waals surface area contributed by atoms with E-state index in [1.165, 1.54) is 42.2 Å². The van der Waals surface area contributed by atoms with Crippen LogP contribution >= 0.6 is 0 Å². The van der Waals surface area contributed by atoms with Crippen molar-refractivity contribution in [3.63, 3.8) is 0 Å². The minimum atomic E-state index is 1.02. The van der Waals surface area contributed by atoms with Crippen molar-refractivity contribution in [3.05, 3.63) is 34.8 Å². The highest BCUT2D eigenvalue weighted by atomic mass is 15.2. The fourth-order valence-corrected chi connectivity index (χ4v) is 3.09. The van der Waals surface area contributed by atoms with Gasteiger partial charge in [0.2, 0.25) is 0 Å². The first-order valence-corrected chi connectivity index (χ1v) is 6.89. The summed E-state index contributed by atoms with van der Waals surface area (Å²) in [7, 11) is 0. The zero-order valence-electron chi connectivity index (χ0n) is 11.5. The van der Waals surface area contributed by atoms with Crippen molar-refractivity contribution in [2.75, 3.05) is 13.1 Å². The molecule has 0 amide bonds. The summed E-state index contributed by atoms with van der Waals surface area (Å²) in [6, 6.07) is 4.43. The van der Waals surface area contributed by atoms with Crippen LogP contribution in [0, 0.1) is 13.8 Å². The van der Waals surface area contributed by atoms with Gasteiger partial charge >= 0.3 is 0 Å². The van der Waals surface area contributed by atoms with E-state index in [9.17, 15) is 0 Å². The predicted molar refractivity (Wildman–Crippen MR) is 73.9 cm³/mol. The Morgan fingerprint density at radius 1 is 1.28 bits per heavy atom. The van der Waals surface area contributed by atoms with Gasteiger partial charge in [0, 0.05) is 30.9 Å². The van der Waals surface area contributed by atoms with Crippen molar-refractivity contribution in [1.29, 1.82) is 0 Å². The monoisotopic (exact) mass is 243 g/mol. The second-order valence-electron chi connectivity index (χ2n) is 5.40. The SMILES string of the molecule is CCCN1CCc2c(nc3cc(C)cc(C)n23)C1. The van der Waals surface area contributed by atoms with E-state index in [-0.39, 0.29) is 0 Å². The highest BCUT2D eigenvalue weighted by Crippen LogP contribution is 2.22. The van der Waals surface area contributed by atoms with Crippen LogP contribution < -0.4 is 0 Å². The fourth-order valence-electron chi connectivity index (χ4n) is 3.09. The Labute approximate surface area is 108 Å². The van der Waals surface area contributed by atoms with Crippen LogP contribution in [-0.4, -0.2) is 27.4 Å². The van der Waals surface area contributed by atoms with Crippen LogP contribution in [-0.2, 0) is 13.0 Å². The van der Waals surface area contributed by atoms with Gasteiger partial charge in [0.1, 0.15) is 5.65 Å². The smallest absolute Gasteiger partial charge is 0.137 e. The van der Waals surface area contributed by atoms with Crippen LogP contribution in [0.3, 0.4) is 0 Å². The van der Waals surface area contributed by atoms with Gasteiger partial charge in [-0.2, -0.15) is 0 Å². The third kappa shape index (κ3) is 1.83. The molecule has 0 saturated carbocycles. The van der Waals surface area contributed by atoms with Crippen LogP contribution in [0.2, 0.25) is 0 Å². The molecular weight excluding hydrogens is 222 g/mol. The largest absolute Gasteiger partial charge is 0.301 e. The number of imidazole rings is 1. The molecule has 3 nitrogen and oxygen atoms in total. The number of aryl methyl sites for hydroxylation is 2.